The number of epoxide rings is 1. The Hall–Kier alpha value is -1.17. The third-order valence-electron chi connectivity index (χ3n) is 5.38. The number of rotatable bonds is 6. The van der Waals surface area contributed by atoms with Gasteiger partial charge in [-0.15, -0.1) is 0 Å². The van der Waals surface area contributed by atoms with E-state index in [1.807, 2.05) is 37.3 Å². The van der Waals surface area contributed by atoms with Crippen LogP contribution in [0.25, 0.3) is 0 Å². The van der Waals surface area contributed by atoms with Gasteiger partial charge < -0.3 is 13.9 Å². The Morgan fingerprint density at radius 1 is 1.25 bits per heavy atom. The quantitative estimate of drug-likeness (QED) is 0.440. The van der Waals surface area contributed by atoms with Gasteiger partial charge in [0.25, 0.3) is 0 Å². The molecule has 2 rings (SSSR count). The molecule has 1 fully saturated rings. The maximum atomic E-state index is 12.6. The summed E-state index contributed by atoms with van der Waals surface area (Å²) in [6, 6.07) is 9.99. The minimum absolute atomic E-state index is 0.00578. The van der Waals surface area contributed by atoms with E-state index in [1.165, 1.54) is 7.11 Å². The second kappa shape index (κ2) is 6.62. The lowest BCUT2D eigenvalue weighted by atomic mass is 9.83. The fourth-order valence-corrected chi connectivity index (χ4v) is 3.88. The van der Waals surface area contributed by atoms with Gasteiger partial charge in [-0.1, -0.05) is 51.1 Å². The van der Waals surface area contributed by atoms with Crippen molar-refractivity contribution in [2.75, 3.05) is 13.7 Å². The largest absolute Gasteiger partial charge is 0.467 e. The number of benzene rings is 1. The van der Waals surface area contributed by atoms with Crippen LogP contribution in [0.15, 0.2) is 30.3 Å². The van der Waals surface area contributed by atoms with Crippen LogP contribution in [0, 0.1) is 0 Å². The molecule has 4 nitrogen and oxygen atoms in total. The van der Waals surface area contributed by atoms with E-state index >= 15 is 0 Å². The Morgan fingerprint density at radius 2 is 1.79 bits per heavy atom. The lowest BCUT2D eigenvalue weighted by molar-refractivity contribution is -0.151. The maximum absolute atomic E-state index is 12.6. The van der Waals surface area contributed by atoms with Crippen molar-refractivity contribution in [2.45, 2.75) is 63.5 Å². The van der Waals surface area contributed by atoms with Crippen LogP contribution < -0.4 is 0 Å². The summed E-state index contributed by atoms with van der Waals surface area (Å²) < 4.78 is 17.3. The molecule has 1 unspecified atom stereocenters. The van der Waals surface area contributed by atoms with Crippen molar-refractivity contribution in [1.82, 2.24) is 0 Å². The highest BCUT2D eigenvalue weighted by Crippen LogP contribution is 2.47. The van der Waals surface area contributed by atoms with E-state index < -0.39 is 14.4 Å². The molecular weight excluding hydrogens is 320 g/mol. The van der Waals surface area contributed by atoms with Crippen molar-refractivity contribution in [3.05, 3.63) is 35.9 Å². The highest BCUT2D eigenvalue weighted by Gasteiger charge is 2.55. The van der Waals surface area contributed by atoms with E-state index in [-0.39, 0.29) is 22.5 Å². The number of carbonyl (C=O) groups excluding carboxylic acids is 1. The number of ether oxygens (including phenoxy) is 2. The van der Waals surface area contributed by atoms with Crippen LogP contribution >= 0.6 is 0 Å². The zero-order valence-electron chi connectivity index (χ0n) is 15.9. The zero-order valence-corrected chi connectivity index (χ0v) is 16.9. The van der Waals surface area contributed by atoms with Crippen LogP contribution in [-0.2, 0) is 18.7 Å². The third-order valence-corrected chi connectivity index (χ3v) is 9.84. The predicted octanol–water partition coefficient (Wildman–Crippen LogP) is 4.12. The molecule has 0 aromatic heterocycles. The minimum Gasteiger partial charge on any atom is -0.467 e. The normalized spacial score (nSPS) is 23.5. The van der Waals surface area contributed by atoms with Crippen LogP contribution in [0.4, 0.5) is 0 Å². The molecule has 1 aliphatic heterocycles. The first-order chi connectivity index (χ1) is 11.0. The molecule has 0 radical (unpaired) electrons. The molecule has 24 heavy (non-hydrogen) atoms. The van der Waals surface area contributed by atoms with Gasteiger partial charge in [0.1, 0.15) is 0 Å². The lowest BCUT2D eigenvalue weighted by Gasteiger charge is -2.41. The van der Waals surface area contributed by atoms with Crippen molar-refractivity contribution in [2.24, 2.45) is 0 Å². The lowest BCUT2D eigenvalue weighted by Crippen LogP contribution is -2.50. The van der Waals surface area contributed by atoms with Crippen molar-refractivity contribution in [3.63, 3.8) is 0 Å². The molecule has 5 heteroatoms. The molecule has 0 aliphatic carbocycles. The molecule has 1 aromatic rings. The van der Waals surface area contributed by atoms with Gasteiger partial charge in [0.05, 0.1) is 25.2 Å². The highest BCUT2D eigenvalue weighted by molar-refractivity contribution is 6.74. The fraction of sp³-hybridized carbons (Fsp3) is 0.632. The van der Waals surface area contributed by atoms with Crippen molar-refractivity contribution >= 4 is 14.3 Å². The van der Waals surface area contributed by atoms with Crippen LogP contribution in [0.5, 0.6) is 0 Å². The molecule has 0 bridgehead atoms. The summed E-state index contributed by atoms with van der Waals surface area (Å²) in [6.45, 7) is 13.5. The molecule has 134 valence electrons. The number of carbonyl (C=O) groups is 1. The summed E-state index contributed by atoms with van der Waals surface area (Å²) in [6.07, 6.45) is -0.661. The van der Waals surface area contributed by atoms with Crippen LogP contribution in [0.1, 0.15) is 39.2 Å². The van der Waals surface area contributed by atoms with Gasteiger partial charge in [0.2, 0.25) is 0 Å². The second-order valence-electron chi connectivity index (χ2n) is 8.31. The van der Waals surface area contributed by atoms with E-state index in [1.54, 1.807) is 0 Å². The van der Waals surface area contributed by atoms with Crippen molar-refractivity contribution < 1.29 is 18.7 Å². The van der Waals surface area contributed by atoms with E-state index in [0.717, 1.165) is 5.56 Å². The molecule has 0 saturated carbocycles. The second-order valence-corrected chi connectivity index (χ2v) is 13.1. The molecular formula is C19H30O4Si. The van der Waals surface area contributed by atoms with Crippen molar-refractivity contribution in [1.29, 1.82) is 0 Å². The molecule has 0 N–H and O–H groups in total. The maximum Gasteiger partial charge on any atom is 0.334 e. The monoisotopic (exact) mass is 350 g/mol. The molecule has 0 amide bonds. The number of hydrogen-bond donors (Lipinski definition) is 0. The Kier molecular flexibility index (Phi) is 5.28. The first-order valence-corrected chi connectivity index (χ1v) is 11.4. The topological polar surface area (TPSA) is 48.1 Å². The minimum atomic E-state index is -2.15. The summed E-state index contributed by atoms with van der Waals surface area (Å²) in [7, 11) is -0.731. The van der Waals surface area contributed by atoms with Gasteiger partial charge in [0, 0.05) is 0 Å². The van der Waals surface area contributed by atoms with Crippen LogP contribution in [-0.4, -0.2) is 39.7 Å². The smallest absolute Gasteiger partial charge is 0.334 e. The van der Waals surface area contributed by atoms with Gasteiger partial charge in [0.15, 0.2) is 14.4 Å². The van der Waals surface area contributed by atoms with Gasteiger partial charge in [-0.3, -0.25) is 0 Å². The van der Waals surface area contributed by atoms with Gasteiger partial charge in [-0.25, -0.2) is 4.79 Å². The van der Waals surface area contributed by atoms with E-state index in [9.17, 15) is 4.79 Å². The Morgan fingerprint density at radius 3 is 2.21 bits per heavy atom. The first kappa shape index (κ1) is 19.2. The standard InChI is InChI=1S/C19H30O4Si/c1-18(2,3)24(6,7)23-16(17(20)21-5)15(19(4)13-22-19)14-11-9-8-10-12-14/h8-12,15-16H,13H2,1-7H3/t15-,16+,19?/m1/s1. The van der Waals surface area contributed by atoms with E-state index in [2.05, 4.69) is 33.9 Å². The summed E-state index contributed by atoms with van der Waals surface area (Å²) in [5.74, 6) is -0.509. The average molecular weight is 351 g/mol. The Balaban J connectivity index is 2.43. The van der Waals surface area contributed by atoms with Gasteiger partial charge in [-0.2, -0.15) is 0 Å². The summed E-state index contributed by atoms with van der Waals surface area (Å²) in [5.41, 5.74) is 0.661. The summed E-state index contributed by atoms with van der Waals surface area (Å²) >= 11 is 0. The number of methoxy groups -OCH3 is 1. The summed E-state index contributed by atoms with van der Waals surface area (Å²) in [4.78, 5) is 12.6. The van der Waals surface area contributed by atoms with Gasteiger partial charge in [-0.05, 0) is 30.6 Å². The number of hydrogen-bond acceptors (Lipinski definition) is 4. The fourth-order valence-electron chi connectivity index (χ4n) is 2.66. The zero-order chi connectivity index (χ0) is 18.2. The summed E-state index contributed by atoms with van der Waals surface area (Å²) in [5, 5.41) is 0.00578. The number of esters is 1. The average Bonchev–Trinajstić information content (AvgIpc) is 3.23. The molecule has 3 atom stereocenters. The first-order valence-electron chi connectivity index (χ1n) is 8.46. The van der Waals surface area contributed by atoms with E-state index in [4.69, 9.17) is 13.9 Å². The van der Waals surface area contributed by atoms with Crippen LogP contribution in [0.3, 0.4) is 0 Å². The van der Waals surface area contributed by atoms with E-state index in [0.29, 0.717) is 6.61 Å². The predicted molar refractivity (Wildman–Crippen MR) is 97.6 cm³/mol. The molecule has 0 spiro atoms. The van der Waals surface area contributed by atoms with Crippen molar-refractivity contribution in [3.8, 4) is 0 Å². The molecule has 1 aliphatic rings. The molecule has 1 saturated heterocycles. The van der Waals surface area contributed by atoms with Gasteiger partial charge >= 0.3 is 5.97 Å². The Bertz CT molecular complexity index is 573. The highest BCUT2D eigenvalue weighted by atomic mass is 28.4. The SMILES string of the molecule is COC(=O)[C@@H](O[Si](C)(C)C(C)(C)C)[C@@H](c1ccccc1)C1(C)CO1. The Labute approximate surface area is 146 Å². The molecule has 1 heterocycles. The third kappa shape index (κ3) is 3.90. The molecule has 1 aromatic carbocycles. The van der Waals surface area contributed by atoms with Crippen LogP contribution in [0.2, 0.25) is 18.1 Å².